The molecule has 4 unspecified atom stereocenters. The minimum absolute atomic E-state index is 0.629. The van der Waals surface area contributed by atoms with Crippen LogP contribution in [0, 0.1) is 5.92 Å². The zero-order valence-corrected chi connectivity index (χ0v) is 11.1. The summed E-state index contributed by atoms with van der Waals surface area (Å²) in [5.41, 5.74) is 0. The Bertz CT molecular complexity index is 181. The molecule has 0 bridgehead atoms. The Balaban J connectivity index is 2.45. The third-order valence-corrected chi connectivity index (χ3v) is 3.92. The summed E-state index contributed by atoms with van der Waals surface area (Å²) < 4.78 is 0. The molecule has 1 N–H and O–H groups in total. The summed E-state index contributed by atoms with van der Waals surface area (Å²) in [5.74, 6) is 0.883. The first-order valence-corrected chi connectivity index (χ1v) is 6.47. The third kappa shape index (κ3) is 3.76. The maximum Gasteiger partial charge on any atom is 0.00845 e. The molecule has 1 aliphatic rings. The molecule has 0 aromatic rings. The maximum absolute atomic E-state index is 3.33. The predicted octanol–water partition coefficient (Wildman–Crippen LogP) is 2.49. The number of likely N-dealkylation sites (tertiary alicyclic amines) is 1. The van der Waals surface area contributed by atoms with E-state index in [4.69, 9.17) is 0 Å². The molecule has 0 aliphatic carbocycles. The molecular formula is C13H28N2. The van der Waals surface area contributed by atoms with Gasteiger partial charge in [0, 0.05) is 24.7 Å². The molecule has 1 fully saturated rings. The van der Waals surface area contributed by atoms with E-state index in [9.17, 15) is 0 Å². The first-order valence-electron chi connectivity index (χ1n) is 6.47. The van der Waals surface area contributed by atoms with Crippen LogP contribution < -0.4 is 5.32 Å². The Kier molecular flexibility index (Phi) is 5.07. The summed E-state index contributed by atoms with van der Waals surface area (Å²) in [6, 6.07) is 2.12. The van der Waals surface area contributed by atoms with Crippen molar-refractivity contribution in [1.29, 1.82) is 0 Å². The van der Waals surface area contributed by atoms with Crippen molar-refractivity contribution in [3.05, 3.63) is 0 Å². The van der Waals surface area contributed by atoms with E-state index in [-0.39, 0.29) is 0 Å². The third-order valence-electron chi connectivity index (χ3n) is 3.92. The van der Waals surface area contributed by atoms with Gasteiger partial charge in [0.1, 0.15) is 0 Å². The molecule has 2 nitrogen and oxygen atoms in total. The van der Waals surface area contributed by atoms with Crippen molar-refractivity contribution in [1.82, 2.24) is 10.2 Å². The molecule has 4 atom stereocenters. The fourth-order valence-corrected chi connectivity index (χ4v) is 2.70. The topological polar surface area (TPSA) is 15.3 Å². The minimum atomic E-state index is 0.629. The Hall–Kier alpha value is -0.0800. The van der Waals surface area contributed by atoms with Gasteiger partial charge in [0.2, 0.25) is 0 Å². The zero-order valence-electron chi connectivity index (χ0n) is 11.1. The van der Waals surface area contributed by atoms with Crippen LogP contribution in [-0.4, -0.2) is 36.6 Å². The molecule has 2 heteroatoms. The largest absolute Gasteiger partial charge is 0.317 e. The van der Waals surface area contributed by atoms with Crippen molar-refractivity contribution in [2.45, 2.75) is 65.1 Å². The normalized spacial score (nSPS) is 32.6. The first kappa shape index (κ1) is 13.0. The molecule has 1 heterocycles. The molecule has 0 aromatic heterocycles. The lowest BCUT2D eigenvalue weighted by Gasteiger charge is -2.41. The van der Waals surface area contributed by atoms with E-state index in [2.05, 4.69) is 45.0 Å². The molecule has 0 saturated carbocycles. The van der Waals surface area contributed by atoms with Gasteiger partial charge >= 0.3 is 0 Å². The average Bonchev–Trinajstić information content (AvgIpc) is 2.21. The van der Waals surface area contributed by atoms with Crippen LogP contribution in [-0.2, 0) is 0 Å². The van der Waals surface area contributed by atoms with Gasteiger partial charge in [-0.2, -0.15) is 0 Å². The van der Waals surface area contributed by atoms with Gasteiger partial charge < -0.3 is 5.32 Å². The highest BCUT2D eigenvalue weighted by atomic mass is 15.2. The summed E-state index contributed by atoms with van der Waals surface area (Å²) in [6.07, 6.45) is 4.04. The van der Waals surface area contributed by atoms with Crippen molar-refractivity contribution in [3.63, 3.8) is 0 Å². The first-order chi connectivity index (χ1) is 7.04. The van der Waals surface area contributed by atoms with Gasteiger partial charge in [0.15, 0.2) is 0 Å². The van der Waals surface area contributed by atoms with Crippen LogP contribution >= 0.6 is 0 Å². The molecule has 0 radical (unpaired) electrons. The van der Waals surface area contributed by atoms with Gasteiger partial charge in [-0.05, 0) is 53.0 Å². The van der Waals surface area contributed by atoms with Gasteiger partial charge in [-0.25, -0.2) is 0 Å². The Morgan fingerprint density at radius 1 is 1.27 bits per heavy atom. The van der Waals surface area contributed by atoms with Crippen molar-refractivity contribution in [2.24, 2.45) is 5.92 Å². The van der Waals surface area contributed by atoms with Crippen molar-refractivity contribution in [2.75, 3.05) is 13.6 Å². The standard InChI is InChI=1S/C13H28N2/c1-10-6-7-12(3)15(9-10)13(4)8-11(2)14-5/h10-14H,6-9H2,1-5H3. The van der Waals surface area contributed by atoms with E-state index in [1.807, 2.05) is 0 Å². The van der Waals surface area contributed by atoms with Crippen LogP contribution in [0.15, 0.2) is 0 Å². The van der Waals surface area contributed by atoms with Gasteiger partial charge in [0.05, 0.1) is 0 Å². The number of rotatable bonds is 4. The van der Waals surface area contributed by atoms with Crippen LogP contribution in [0.1, 0.15) is 47.0 Å². The predicted molar refractivity (Wildman–Crippen MR) is 67.2 cm³/mol. The lowest BCUT2D eigenvalue weighted by atomic mass is 9.92. The van der Waals surface area contributed by atoms with E-state index < -0.39 is 0 Å². The summed E-state index contributed by atoms with van der Waals surface area (Å²) in [5, 5.41) is 3.33. The number of hydrogen-bond donors (Lipinski definition) is 1. The highest BCUT2D eigenvalue weighted by Gasteiger charge is 2.27. The SMILES string of the molecule is CNC(C)CC(C)N1CC(C)CCC1C. The lowest BCUT2D eigenvalue weighted by molar-refractivity contribution is 0.0766. The van der Waals surface area contributed by atoms with Gasteiger partial charge in [0.25, 0.3) is 0 Å². The van der Waals surface area contributed by atoms with Crippen molar-refractivity contribution < 1.29 is 0 Å². The maximum atomic E-state index is 3.33. The number of piperidine rings is 1. The molecule has 1 saturated heterocycles. The summed E-state index contributed by atoms with van der Waals surface area (Å²) in [6.45, 7) is 10.7. The van der Waals surface area contributed by atoms with E-state index >= 15 is 0 Å². The van der Waals surface area contributed by atoms with Crippen LogP contribution in [0.25, 0.3) is 0 Å². The van der Waals surface area contributed by atoms with Crippen LogP contribution in [0.2, 0.25) is 0 Å². The second kappa shape index (κ2) is 5.86. The van der Waals surface area contributed by atoms with Gasteiger partial charge in [-0.1, -0.05) is 6.92 Å². The molecule has 0 amide bonds. The van der Waals surface area contributed by atoms with Gasteiger partial charge in [-0.15, -0.1) is 0 Å². The Morgan fingerprint density at radius 2 is 1.93 bits per heavy atom. The van der Waals surface area contributed by atoms with Crippen LogP contribution in [0.3, 0.4) is 0 Å². The fourth-order valence-electron chi connectivity index (χ4n) is 2.70. The second-order valence-corrected chi connectivity index (χ2v) is 5.50. The number of hydrogen-bond acceptors (Lipinski definition) is 2. The number of nitrogens with zero attached hydrogens (tertiary/aromatic N) is 1. The second-order valence-electron chi connectivity index (χ2n) is 5.50. The summed E-state index contributed by atoms with van der Waals surface area (Å²) >= 11 is 0. The summed E-state index contributed by atoms with van der Waals surface area (Å²) in [7, 11) is 2.06. The van der Waals surface area contributed by atoms with Crippen molar-refractivity contribution >= 4 is 0 Å². The number of nitrogens with one attached hydrogen (secondary N) is 1. The lowest BCUT2D eigenvalue weighted by Crippen LogP contribution is -2.47. The fraction of sp³-hybridized carbons (Fsp3) is 1.00. The van der Waals surface area contributed by atoms with E-state index in [0.717, 1.165) is 12.0 Å². The molecule has 0 aromatic carbocycles. The van der Waals surface area contributed by atoms with Crippen LogP contribution in [0.5, 0.6) is 0 Å². The van der Waals surface area contributed by atoms with Crippen LogP contribution in [0.4, 0.5) is 0 Å². The van der Waals surface area contributed by atoms with E-state index in [0.29, 0.717) is 12.1 Å². The quantitative estimate of drug-likeness (QED) is 0.770. The monoisotopic (exact) mass is 212 g/mol. The highest BCUT2D eigenvalue weighted by molar-refractivity contribution is 4.82. The molecule has 15 heavy (non-hydrogen) atoms. The Labute approximate surface area is 95.4 Å². The molecule has 1 rings (SSSR count). The average molecular weight is 212 g/mol. The van der Waals surface area contributed by atoms with Gasteiger partial charge in [-0.3, -0.25) is 4.90 Å². The molecule has 0 spiro atoms. The van der Waals surface area contributed by atoms with Crippen molar-refractivity contribution in [3.8, 4) is 0 Å². The van der Waals surface area contributed by atoms with E-state index in [1.54, 1.807) is 0 Å². The molecular weight excluding hydrogens is 184 g/mol. The molecule has 90 valence electrons. The Morgan fingerprint density at radius 3 is 2.53 bits per heavy atom. The highest BCUT2D eigenvalue weighted by Crippen LogP contribution is 2.24. The zero-order chi connectivity index (χ0) is 11.4. The smallest absolute Gasteiger partial charge is 0.00845 e. The summed E-state index contributed by atoms with van der Waals surface area (Å²) in [4.78, 5) is 2.70. The molecule has 1 aliphatic heterocycles. The minimum Gasteiger partial charge on any atom is -0.317 e. The van der Waals surface area contributed by atoms with E-state index in [1.165, 1.54) is 25.8 Å².